The molecule has 0 aliphatic heterocycles. The zero-order valence-corrected chi connectivity index (χ0v) is 13.3. The fourth-order valence-corrected chi connectivity index (χ4v) is 2.32. The van der Waals surface area contributed by atoms with Gasteiger partial charge < -0.3 is 4.90 Å². The molecule has 3 aromatic rings. The lowest BCUT2D eigenvalue weighted by Gasteiger charge is -2.16. The van der Waals surface area contributed by atoms with E-state index in [1.165, 1.54) is 0 Å². The molecule has 0 aliphatic carbocycles. The first kappa shape index (κ1) is 15.6. The number of carbonyl (C=O) groups is 1. The molecule has 0 saturated heterocycles. The Morgan fingerprint density at radius 1 is 0.833 bits per heavy atom. The van der Waals surface area contributed by atoms with E-state index in [9.17, 15) is 4.79 Å². The Labute approximate surface area is 141 Å². The molecule has 0 fully saturated rings. The molecule has 1 amide bonds. The molecule has 0 saturated carbocycles. The van der Waals surface area contributed by atoms with Gasteiger partial charge in [-0.25, -0.2) is 0 Å². The molecule has 0 spiro atoms. The van der Waals surface area contributed by atoms with E-state index < -0.39 is 0 Å². The quantitative estimate of drug-likeness (QED) is 0.691. The molecule has 0 bridgehead atoms. The molecule has 24 heavy (non-hydrogen) atoms. The van der Waals surface area contributed by atoms with Crippen LogP contribution < -0.4 is 4.90 Å². The van der Waals surface area contributed by atoms with Crippen molar-refractivity contribution in [3.8, 4) is 0 Å². The number of nitrogens with zero attached hydrogens (tertiary/aromatic N) is 3. The van der Waals surface area contributed by atoms with Crippen molar-refractivity contribution in [2.75, 3.05) is 11.9 Å². The topological polar surface area (TPSA) is 46.1 Å². The molecule has 3 rings (SSSR count). The van der Waals surface area contributed by atoms with E-state index in [0.29, 0.717) is 17.0 Å². The van der Waals surface area contributed by atoms with Gasteiger partial charge in [-0.05, 0) is 36.4 Å². The van der Waals surface area contributed by atoms with E-state index in [1.54, 1.807) is 30.4 Å². The van der Waals surface area contributed by atoms with Gasteiger partial charge in [0.2, 0.25) is 0 Å². The zero-order chi connectivity index (χ0) is 16.8. The highest BCUT2D eigenvalue weighted by Gasteiger charge is 2.13. The summed E-state index contributed by atoms with van der Waals surface area (Å²) in [6.45, 7) is 0. The van der Waals surface area contributed by atoms with Crippen LogP contribution in [-0.2, 0) is 4.79 Å². The van der Waals surface area contributed by atoms with Crippen LogP contribution in [0.15, 0.2) is 85.2 Å². The fourth-order valence-electron chi connectivity index (χ4n) is 2.32. The number of hydrogen-bond donors (Lipinski definition) is 0. The lowest BCUT2D eigenvalue weighted by atomic mass is 10.1. The Hall–Kier alpha value is -3.27. The van der Waals surface area contributed by atoms with E-state index in [1.807, 2.05) is 66.7 Å². The number of aromatic nitrogens is 2. The van der Waals surface area contributed by atoms with Crippen LogP contribution in [0.4, 0.5) is 5.69 Å². The van der Waals surface area contributed by atoms with E-state index >= 15 is 0 Å². The maximum absolute atomic E-state index is 12.7. The summed E-state index contributed by atoms with van der Waals surface area (Å²) >= 11 is 0. The number of benzene rings is 1. The molecule has 1 aromatic carbocycles. The second kappa shape index (κ2) is 7.33. The first-order valence-electron chi connectivity index (χ1n) is 7.63. The third-order valence-corrected chi connectivity index (χ3v) is 3.62. The molecule has 4 nitrogen and oxygen atoms in total. The molecular formula is C20H17N3O. The summed E-state index contributed by atoms with van der Waals surface area (Å²) in [6.07, 6.45) is 4.99. The summed E-state index contributed by atoms with van der Waals surface area (Å²) in [5, 5.41) is 0. The van der Waals surface area contributed by atoms with Crippen LogP contribution >= 0.6 is 0 Å². The summed E-state index contributed by atoms with van der Waals surface area (Å²) in [5.41, 5.74) is 2.96. The summed E-state index contributed by atoms with van der Waals surface area (Å²) in [7, 11) is 1.75. The van der Waals surface area contributed by atoms with Crippen molar-refractivity contribution in [3.63, 3.8) is 0 Å². The third-order valence-electron chi connectivity index (χ3n) is 3.62. The predicted molar refractivity (Wildman–Crippen MR) is 95.4 cm³/mol. The van der Waals surface area contributed by atoms with Gasteiger partial charge in [-0.2, -0.15) is 0 Å². The van der Waals surface area contributed by atoms with Crippen molar-refractivity contribution < 1.29 is 4.79 Å². The second-order valence-electron chi connectivity index (χ2n) is 5.22. The maximum atomic E-state index is 12.7. The first-order chi connectivity index (χ1) is 11.8. The number of carbonyl (C=O) groups excluding carboxylic acids is 1. The fraction of sp³-hybridized carbons (Fsp3) is 0.0500. The van der Waals surface area contributed by atoms with Crippen molar-refractivity contribution in [2.24, 2.45) is 0 Å². The van der Waals surface area contributed by atoms with Gasteiger partial charge in [-0.1, -0.05) is 30.3 Å². The lowest BCUT2D eigenvalue weighted by molar-refractivity contribution is -0.113. The van der Waals surface area contributed by atoms with Crippen molar-refractivity contribution in [1.82, 2.24) is 9.97 Å². The highest BCUT2D eigenvalue weighted by atomic mass is 16.2. The number of amides is 1. The molecule has 0 N–H and O–H groups in total. The molecule has 0 unspecified atom stereocenters. The average molecular weight is 315 g/mol. The lowest BCUT2D eigenvalue weighted by Crippen LogP contribution is -2.24. The van der Waals surface area contributed by atoms with Crippen LogP contribution in [0.2, 0.25) is 0 Å². The van der Waals surface area contributed by atoms with Gasteiger partial charge in [-0.3, -0.25) is 14.8 Å². The predicted octanol–water partition coefficient (Wildman–Crippen LogP) is 3.57. The summed E-state index contributed by atoms with van der Waals surface area (Å²) in [5.74, 6) is -0.132. The zero-order valence-electron chi connectivity index (χ0n) is 13.3. The van der Waals surface area contributed by atoms with Gasteiger partial charge in [0, 0.05) is 36.8 Å². The van der Waals surface area contributed by atoms with Crippen molar-refractivity contribution >= 4 is 17.2 Å². The van der Waals surface area contributed by atoms with E-state index in [4.69, 9.17) is 0 Å². The number of para-hydroxylation sites is 1. The highest BCUT2D eigenvalue weighted by molar-refractivity contribution is 6.06. The summed E-state index contributed by atoms with van der Waals surface area (Å²) in [4.78, 5) is 23.0. The standard InChI is InChI=1S/C20H17N3O/c1-23(16-9-3-2-4-10-16)20(24)15-17(18-11-5-7-13-21-18)19-12-6-8-14-22-19/h2-15H,1H3. The Morgan fingerprint density at radius 2 is 1.38 bits per heavy atom. The van der Waals surface area contributed by atoms with Crippen LogP contribution in [0.3, 0.4) is 0 Å². The van der Waals surface area contributed by atoms with Gasteiger partial charge in [0.25, 0.3) is 5.91 Å². The van der Waals surface area contributed by atoms with E-state index in [0.717, 1.165) is 5.69 Å². The number of rotatable bonds is 4. The van der Waals surface area contributed by atoms with Crippen LogP contribution in [0, 0.1) is 0 Å². The van der Waals surface area contributed by atoms with Crippen LogP contribution in [0.1, 0.15) is 11.4 Å². The largest absolute Gasteiger partial charge is 0.312 e. The number of likely N-dealkylation sites (N-methyl/N-ethyl adjacent to an activating group) is 1. The smallest absolute Gasteiger partial charge is 0.251 e. The van der Waals surface area contributed by atoms with E-state index in [2.05, 4.69) is 9.97 Å². The van der Waals surface area contributed by atoms with Crippen molar-refractivity contribution in [1.29, 1.82) is 0 Å². The SMILES string of the molecule is CN(C(=O)C=C(c1ccccn1)c1ccccn1)c1ccccc1. The Kier molecular flexibility index (Phi) is 4.77. The van der Waals surface area contributed by atoms with Gasteiger partial charge in [-0.15, -0.1) is 0 Å². The minimum absolute atomic E-state index is 0.132. The second-order valence-corrected chi connectivity index (χ2v) is 5.22. The van der Waals surface area contributed by atoms with Crippen molar-refractivity contribution in [3.05, 3.63) is 96.6 Å². The molecular weight excluding hydrogens is 298 g/mol. The molecule has 118 valence electrons. The average Bonchev–Trinajstić information content (AvgIpc) is 2.67. The van der Waals surface area contributed by atoms with Crippen molar-refractivity contribution in [2.45, 2.75) is 0 Å². The Balaban J connectivity index is 1.99. The van der Waals surface area contributed by atoms with Crippen LogP contribution in [-0.4, -0.2) is 22.9 Å². The molecule has 4 heteroatoms. The summed E-state index contributed by atoms with van der Waals surface area (Å²) < 4.78 is 0. The third kappa shape index (κ3) is 3.55. The number of pyridine rings is 2. The monoisotopic (exact) mass is 315 g/mol. The Bertz CT molecular complexity index is 789. The molecule has 0 radical (unpaired) electrons. The first-order valence-corrected chi connectivity index (χ1v) is 7.63. The number of anilines is 1. The molecule has 0 atom stereocenters. The van der Waals surface area contributed by atoms with Gasteiger partial charge >= 0.3 is 0 Å². The highest BCUT2D eigenvalue weighted by Crippen LogP contribution is 2.21. The summed E-state index contributed by atoms with van der Waals surface area (Å²) in [6, 6.07) is 20.7. The molecule has 0 aliphatic rings. The minimum Gasteiger partial charge on any atom is -0.312 e. The van der Waals surface area contributed by atoms with E-state index in [-0.39, 0.29) is 5.91 Å². The van der Waals surface area contributed by atoms with Crippen LogP contribution in [0.5, 0.6) is 0 Å². The van der Waals surface area contributed by atoms with Crippen LogP contribution in [0.25, 0.3) is 5.57 Å². The van der Waals surface area contributed by atoms with Gasteiger partial charge in [0.05, 0.1) is 11.4 Å². The maximum Gasteiger partial charge on any atom is 0.251 e. The molecule has 2 heterocycles. The normalized spacial score (nSPS) is 10.0. The minimum atomic E-state index is -0.132. The van der Waals surface area contributed by atoms with Gasteiger partial charge in [0.1, 0.15) is 0 Å². The Morgan fingerprint density at radius 3 is 1.88 bits per heavy atom. The molecule has 2 aromatic heterocycles. The van der Waals surface area contributed by atoms with Gasteiger partial charge in [0.15, 0.2) is 0 Å². The number of hydrogen-bond acceptors (Lipinski definition) is 3.